The van der Waals surface area contributed by atoms with Crippen molar-refractivity contribution in [2.45, 2.75) is 30.8 Å². The molecule has 31 heavy (non-hydrogen) atoms. The molecule has 2 aliphatic rings. The molecule has 0 saturated carbocycles. The van der Waals surface area contributed by atoms with Gasteiger partial charge in [0.1, 0.15) is 0 Å². The summed E-state index contributed by atoms with van der Waals surface area (Å²) >= 11 is 7.85. The van der Waals surface area contributed by atoms with Gasteiger partial charge in [-0.15, -0.1) is 10.2 Å². The van der Waals surface area contributed by atoms with Gasteiger partial charge in [0, 0.05) is 26.2 Å². The van der Waals surface area contributed by atoms with Crippen molar-refractivity contribution in [2.75, 3.05) is 43.9 Å². The molecule has 0 atom stereocenters. The highest BCUT2D eigenvalue weighted by molar-refractivity contribution is 7.99. The Morgan fingerprint density at radius 2 is 1.84 bits per heavy atom. The van der Waals surface area contributed by atoms with Crippen molar-refractivity contribution in [3.05, 3.63) is 29.3 Å². The molecule has 3 heterocycles. The second-order valence-electron chi connectivity index (χ2n) is 7.73. The second-order valence-corrected chi connectivity index (χ2v) is 9.08. The average Bonchev–Trinajstić information content (AvgIpc) is 3.47. The van der Waals surface area contributed by atoms with Crippen LogP contribution >= 0.6 is 23.4 Å². The van der Waals surface area contributed by atoms with E-state index in [2.05, 4.69) is 15.1 Å². The van der Waals surface area contributed by atoms with Crippen molar-refractivity contribution in [1.82, 2.24) is 19.7 Å². The second kappa shape index (κ2) is 9.91. The number of thioether (sulfide) groups is 1. The van der Waals surface area contributed by atoms with Crippen LogP contribution in [0.2, 0.25) is 5.02 Å². The van der Waals surface area contributed by atoms with E-state index in [4.69, 9.17) is 16.3 Å². The number of rotatable bonds is 6. The molecule has 4 rings (SSSR count). The number of esters is 1. The van der Waals surface area contributed by atoms with Crippen LogP contribution in [0.15, 0.2) is 29.4 Å². The zero-order valence-corrected chi connectivity index (χ0v) is 19.1. The van der Waals surface area contributed by atoms with E-state index in [9.17, 15) is 9.59 Å². The van der Waals surface area contributed by atoms with E-state index in [1.165, 1.54) is 18.9 Å². The first-order valence-electron chi connectivity index (χ1n) is 10.5. The number of hydrogen-bond donors (Lipinski definition) is 0. The van der Waals surface area contributed by atoms with E-state index in [0.29, 0.717) is 36.1 Å². The number of piperidine rings is 1. The maximum absolute atomic E-state index is 12.8. The lowest BCUT2D eigenvalue weighted by molar-refractivity contribution is -0.148. The van der Waals surface area contributed by atoms with Crippen molar-refractivity contribution < 1.29 is 14.3 Å². The van der Waals surface area contributed by atoms with Crippen LogP contribution < -0.4 is 4.90 Å². The van der Waals surface area contributed by atoms with Gasteiger partial charge in [-0.05, 0) is 37.8 Å². The number of ether oxygens (including phenoxy) is 1. The van der Waals surface area contributed by atoms with Crippen molar-refractivity contribution in [3.63, 3.8) is 0 Å². The maximum atomic E-state index is 12.8. The number of nitrogens with zero attached hydrogens (tertiary/aromatic N) is 5. The summed E-state index contributed by atoms with van der Waals surface area (Å²) in [5.74, 6) is 0.742. The maximum Gasteiger partial charge on any atom is 0.308 e. The number of carbonyl (C=O) groups is 2. The predicted molar refractivity (Wildman–Crippen MR) is 120 cm³/mol. The molecule has 0 radical (unpaired) electrons. The SMILES string of the molecule is COC(=O)C1CCN(C(=O)CSc2nnc(N3CCCC3)n2-c2ccccc2Cl)CC1. The first-order chi connectivity index (χ1) is 15.1. The summed E-state index contributed by atoms with van der Waals surface area (Å²) in [4.78, 5) is 28.5. The molecule has 2 saturated heterocycles. The molecule has 166 valence electrons. The zero-order valence-electron chi connectivity index (χ0n) is 17.5. The van der Waals surface area contributed by atoms with E-state index in [-0.39, 0.29) is 23.5 Å². The highest BCUT2D eigenvalue weighted by atomic mass is 35.5. The Bertz CT molecular complexity index is 939. The third-order valence-electron chi connectivity index (χ3n) is 5.81. The van der Waals surface area contributed by atoms with Crippen LogP contribution in [0.5, 0.6) is 0 Å². The number of methoxy groups -OCH3 is 1. The first-order valence-corrected chi connectivity index (χ1v) is 11.9. The molecule has 0 spiro atoms. The summed E-state index contributed by atoms with van der Waals surface area (Å²) < 4.78 is 6.77. The number of halogens is 1. The van der Waals surface area contributed by atoms with Gasteiger partial charge in [0.15, 0.2) is 5.16 Å². The lowest BCUT2D eigenvalue weighted by Crippen LogP contribution is -2.41. The van der Waals surface area contributed by atoms with E-state index < -0.39 is 0 Å². The number of amides is 1. The largest absolute Gasteiger partial charge is 0.469 e. The van der Waals surface area contributed by atoms with E-state index in [1.807, 2.05) is 33.7 Å². The van der Waals surface area contributed by atoms with Gasteiger partial charge in [-0.3, -0.25) is 14.2 Å². The topological polar surface area (TPSA) is 80.6 Å². The molecule has 1 amide bonds. The van der Waals surface area contributed by atoms with Crippen molar-refractivity contribution in [2.24, 2.45) is 5.92 Å². The molecule has 2 aromatic rings. The molecule has 8 nitrogen and oxygen atoms in total. The molecule has 0 aliphatic carbocycles. The van der Waals surface area contributed by atoms with E-state index >= 15 is 0 Å². The van der Waals surface area contributed by atoms with Crippen molar-refractivity contribution in [1.29, 1.82) is 0 Å². The van der Waals surface area contributed by atoms with Crippen LogP contribution in [0.1, 0.15) is 25.7 Å². The number of carbonyl (C=O) groups excluding carboxylic acids is 2. The van der Waals surface area contributed by atoms with E-state index in [1.54, 1.807) is 0 Å². The summed E-state index contributed by atoms with van der Waals surface area (Å²) in [5.41, 5.74) is 0.810. The average molecular weight is 464 g/mol. The normalized spacial score (nSPS) is 17.2. The molecule has 2 aliphatic heterocycles. The Morgan fingerprint density at radius 3 is 2.52 bits per heavy atom. The van der Waals surface area contributed by atoms with Crippen LogP contribution in [0.3, 0.4) is 0 Å². The molecule has 0 bridgehead atoms. The van der Waals surface area contributed by atoms with Gasteiger partial charge in [-0.2, -0.15) is 0 Å². The minimum Gasteiger partial charge on any atom is -0.469 e. The minimum absolute atomic E-state index is 0.0322. The number of anilines is 1. The summed E-state index contributed by atoms with van der Waals surface area (Å²) in [6, 6.07) is 7.60. The van der Waals surface area contributed by atoms with Crippen LogP contribution in [0.25, 0.3) is 5.69 Å². The standard InChI is InChI=1S/C21H26ClN5O3S/c1-30-19(29)15-8-12-25(13-9-15)18(28)14-31-21-24-23-20(26-10-4-5-11-26)27(21)17-7-3-2-6-16(17)22/h2-3,6-7,15H,4-5,8-14H2,1H3. The lowest BCUT2D eigenvalue weighted by atomic mass is 9.97. The Hall–Kier alpha value is -2.26. The Balaban J connectivity index is 1.47. The Kier molecular flexibility index (Phi) is 7.02. The first kappa shape index (κ1) is 22.0. The molecule has 2 fully saturated rings. The molecule has 1 aromatic carbocycles. The smallest absolute Gasteiger partial charge is 0.308 e. The van der Waals surface area contributed by atoms with Gasteiger partial charge in [-0.1, -0.05) is 35.5 Å². The molecule has 1 aromatic heterocycles. The molecular weight excluding hydrogens is 438 g/mol. The highest BCUT2D eigenvalue weighted by Gasteiger charge is 2.29. The number of aromatic nitrogens is 3. The van der Waals surface area contributed by atoms with Gasteiger partial charge >= 0.3 is 5.97 Å². The van der Waals surface area contributed by atoms with Gasteiger partial charge in [0.05, 0.1) is 29.5 Å². The molecule has 0 N–H and O–H groups in total. The summed E-state index contributed by atoms with van der Waals surface area (Å²) in [6.07, 6.45) is 3.52. The predicted octanol–water partition coefficient (Wildman–Crippen LogP) is 3.02. The van der Waals surface area contributed by atoms with Crippen molar-refractivity contribution in [3.8, 4) is 5.69 Å². The van der Waals surface area contributed by atoms with Crippen molar-refractivity contribution >= 4 is 41.2 Å². The highest BCUT2D eigenvalue weighted by Crippen LogP contribution is 2.32. The fourth-order valence-corrected chi connectivity index (χ4v) is 5.13. The summed E-state index contributed by atoms with van der Waals surface area (Å²) in [6.45, 7) is 2.99. The molecule has 10 heteroatoms. The number of likely N-dealkylation sites (tertiary alicyclic amines) is 1. The van der Waals surface area contributed by atoms with Crippen LogP contribution in [0, 0.1) is 5.92 Å². The quantitative estimate of drug-likeness (QED) is 0.481. The lowest BCUT2D eigenvalue weighted by Gasteiger charge is -2.30. The third kappa shape index (κ3) is 4.82. The number of benzene rings is 1. The van der Waals surface area contributed by atoms with Gasteiger partial charge in [-0.25, -0.2) is 0 Å². The Labute approximate surface area is 190 Å². The number of hydrogen-bond acceptors (Lipinski definition) is 7. The van der Waals surface area contributed by atoms with Gasteiger partial charge in [0.2, 0.25) is 11.9 Å². The fraction of sp³-hybridized carbons (Fsp3) is 0.524. The summed E-state index contributed by atoms with van der Waals surface area (Å²) in [5, 5.41) is 10.1. The van der Waals surface area contributed by atoms with Gasteiger partial charge in [0.25, 0.3) is 0 Å². The zero-order chi connectivity index (χ0) is 21.8. The fourth-order valence-electron chi connectivity index (χ4n) is 4.07. The third-order valence-corrected chi connectivity index (χ3v) is 7.04. The van der Waals surface area contributed by atoms with Crippen LogP contribution in [0.4, 0.5) is 5.95 Å². The monoisotopic (exact) mass is 463 g/mol. The van der Waals surface area contributed by atoms with Gasteiger partial charge < -0.3 is 14.5 Å². The van der Waals surface area contributed by atoms with E-state index in [0.717, 1.165) is 37.6 Å². The minimum atomic E-state index is -0.191. The molecular formula is C21H26ClN5O3S. The Morgan fingerprint density at radius 1 is 1.13 bits per heavy atom. The van der Waals surface area contributed by atoms with Crippen LogP contribution in [-0.4, -0.2) is 70.6 Å². The molecule has 0 unspecified atom stereocenters. The summed E-state index contributed by atoms with van der Waals surface area (Å²) in [7, 11) is 1.40. The van der Waals surface area contributed by atoms with Crippen LogP contribution in [-0.2, 0) is 14.3 Å². The number of para-hydroxylation sites is 1.